The first-order chi connectivity index (χ1) is 12.4. The third-order valence-electron chi connectivity index (χ3n) is 5.24. The molecule has 0 radical (unpaired) electrons. The number of aromatic nitrogens is 2. The molecule has 26 heavy (non-hydrogen) atoms. The summed E-state index contributed by atoms with van der Waals surface area (Å²) in [4.78, 5) is 18.3. The van der Waals surface area contributed by atoms with E-state index >= 15 is 0 Å². The molecule has 2 aromatic rings. The van der Waals surface area contributed by atoms with E-state index in [4.69, 9.17) is 4.52 Å². The van der Waals surface area contributed by atoms with E-state index in [0.717, 1.165) is 25.3 Å². The molecule has 8 heteroatoms. The molecule has 0 aromatic carbocycles. The van der Waals surface area contributed by atoms with Crippen LogP contribution in [-0.2, 0) is 17.4 Å². The fraction of sp³-hybridized carbons (Fsp3) is 0.611. The zero-order chi connectivity index (χ0) is 18.5. The zero-order valence-corrected chi connectivity index (χ0v) is 14.5. The van der Waals surface area contributed by atoms with Gasteiger partial charge in [0, 0.05) is 30.6 Å². The lowest BCUT2D eigenvalue weighted by molar-refractivity contribution is -0.136. The maximum atomic E-state index is 13.6. The third kappa shape index (κ3) is 3.05. The van der Waals surface area contributed by atoms with Crippen LogP contribution in [0.1, 0.15) is 55.5 Å². The molecule has 2 aromatic heterocycles. The Morgan fingerprint density at radius 2 is 2.12 bits per heavy atom. The summed E-state index contributed by atoms with van der Waals surface area (Å²) >= 11 is 0. The number of pyridine rings is 1. The first-order valence-corrected chi connectivity index (χ1v) is 9.03. The van der Waals surface area contributed by atoms with Gasteiger partial charge in [0.1, 0.15) is 0 Å². The molecule has 4 rings (SSSR count). The minimum absolute atomic E-state index is 0.0552. The Balaban J connectivity index is 1.73. The Hall–Kier alpha value is -2.12. The van der Waals surface area contributed by atoms with E-state index in [1.807, 2.05) is 0 Å². The van der Waals surface area contributed by atoms with E-state index < -0.39 is 11.7 Å². The molecule has 1 aliphatic heterocycles. The van der Waals surface area contributed by atoms with E-state index in [1.54, 1.807) is 11.8 Å². The number of hydrogen-bond donors (Lipinski definition) is 0. The number of amides is 1. The molecule has 0 N–H and O–H groups in total. The molecule has 0 spiro atoms. The molecule has 1 amide bonds. The average Bonchev–Trinajstić information content (AvgIpc) is 3.38. The fourth-order valence-electron chi connectivity index (χ4n) is 3.70. The first-order valence-electron chi connectivity index (χ1n) is 9.03. The van der Waals surface area contributed by atoms with Crippen molar-refractivity contribution in [1.82, 2.24) is 15.0 Å². The molecule has 0 unspecified atom stereocenters. The smallest absolute Gasteiger partial charge is 0.342 e. The van der Waals surface area contributed by atoms with Crippen molar-refractivity contribution in [3.63, 3.8) is 0 Å². The Morgan fingerprint density at radius 3 is 2.77 bits per heavy atom. The number of halogens is 3. The molecule has 2 fully saturated rings. The molecule has 1 saturated heterocycles. The zero-order valence-electron chi connectivity index (χ0n) is 14.5. The van der Waals surface area contributed by atoms with Crippen LogP contribution in [0.25, 0.3) is 11.1 Å². The van der Waals surface area contributed by atoms with Crippen molar-refractivity contribution in [2.45, 2.75) is 51.1 Å². The molecule has 5 nitrogen and oxygen atoms in total. The monoisotopic (exact) mass is 367 g/mol. The summed E-state index contributed by atoms with van der Waals surface area (Å²) in [6.45, 7) is 2.80. The van der Waals surface area contributed by atoms with Crippen molar-refractivity contribution < 1.29 is 22.5 Å². The van der Waals surface area contributed by atoms with Gasteiger partial charge in [-0.1, -0.05) is 12.1 Å². The minimum Gasteiger partial charge on any atom is -0.342 e. The predicted molar refractivity (Wildman–Crippen MR) is 87.5 cm³/mol. The van der Waals surface area contributed by atoms with Gasteiger partial charge in [0.05, 0.1) is 16.6 Å². The Bertz CT molecular complexity index is 842. The van der Waals surface area contributed by atoms with Gasteiger partial charge in [-0.15, -0.1) is 0 Å². The topological polar surface area (TPSA) is 59.2 Å². The number of fused-ring (bicyclic) bond motifs is 1. The maximum absolute atomic E-state index is 13.6. The maximum Gasteiger partial charge on any atom is 0.417 e. The molecule has 1 saturated carbocycles. The van der Waals surface area contributed by atoms with Crippen LogP contribution in [0.15, 0.2) is 10.6 Å². The van der Waals surface area contributed by atoms with Gasteiger partial charge in [-0.2, -0.15) is 13.2 Å². The Labute approximate surface area is 148 Å². The number of alkyl halides is 3. The van der Waals surface area contributed by atoms with Gasteiger partial charge in [0.25, 0.3) is 5.71 Å². The van der Waals surface area contributed by atoms with E-state index in [9.17, 15) is 18.0 Å². The quantitative estimate of drug-likeness (QED) is 0.825. The van der Waals surface area contributed by atoms with E-state index in [0.29, 0.717) is 31.6 Å². The largest absolute Gasteiger partial charge is 0.417 e. The summed E-state index contributed by atoms with van der Waals surface area (Å²) in [6, 6.07) is 1.08. The number of hydrogen-bond acceptors (Lipinski definition) is 4. The van der Waals surface area contributed by atoms with Crippen molar-refractivity contribution >= 4 is 17.0 Å². The van der Waals surface area contributed by atoms with E-state index in [-0.39, 0.29) is 34.5 Å². The highest BCUT2D eigenvalue weighted by molar-refractivity contribution is 5.83. The van der Waals surface area contributed by atoms with Gasteiger partial charge in [-0.05, 0) is 38.2 Å². The standard InChI is InChI=1S/C18H20F3N3O2/c1-2-12-8-13(18(19,20)21)14-15(23-26-16(14)22-12)11-4-3-7-24(9-11)17(25)10-5-6-10/h8,10-11H,2-7,9H2,1H3/t11-/m1/s1. The van der Waals surface area contributed by atoms with Crippen LogP contribution in [0.2, 0.25) is 0 Å². The molecule has 2 aliphatic rings. The van der Waals surface area contributed by atoms with Crippen LogP contribution in [-0.4, -0.2) is 34.0 Å². The van der Waals surface area contributed by atoms with Crippen molar-refractivity contribution in [2.75, 3.05) is 13.1 Å². The van der Waals surface area contributed by atoms with Gasteiger partial charge in [0.2, 0.25) is 5.91 Å². The van der Waals surface area contributed by atoms with Gasteiger partial charge in [-0.3, -0.25) is 4.79 Å². The number of carbonyl (C=O) groups is 1. The van der Waals surface area contributed by atoms with Crippen molar-refractivity contribution in [1.29, 1.82) is 0 Å². The van der Waals surface area contributed by atoms with Crippen molar-refractivity contribution in [2.24, 2.45) is 5.92 Å². The Kier molecular flexibility index (Phi) is 4.16. The number of aryl methyl sites for hydroxylation is 1. The number of likely N-dealkylation sites (tertiary alicyclic amines) is 1. The summed E-state index contributed by atoms with van der Waals surface area (Å²) < 4.78 is 46.0. The predicted octanol–water partition coefficient (Wildman–Crippen LogP) is 3.92. The van der Waals surface area contributed by atoms with Crippen LogP contribution in [0.3, 0.4) is 0 Å². The first kappa shape index (κ1) is 17.3. The number of nitrogens with zero attached hydrogens (tertiary/aromatic N) is 3. The molecule has 1 aliphatic carbocycles. The second-order valence-electron chi connectivity index (χ2n) is 7.16. The highest BCUT2D eigenvalue weighted by Crippen LogP contribution is 2.41. The normalized spacial score (nSPS) is 21.4. The average molecular weight is 367 g/mol. The number of rotatable bonds is 3. The number of carbonyl (C=O) groups excluding carboxylic acids is 1. The highest BCUT2D eigenvalue weighted by atomic mass is 19.4. The lowest BCUT2D eigenvalue weighted by atomic mass is 9.91. The van der Waals surface area contributed by atoms with Crippen LogP contribution < -0.4 is 0 Å². The second-order valence-corrected chi connectivity index (χ2v) is 7.16. The molecule has 140 valence electrons. The minimum atomic E-state index is -4.51. The Morgan fingerprint density at radius 1 is 1.35 bits per heavy atom. The van der Waals surface area contributed by atoms with Crippen molar-refractivity contribution in [3.8, 4) is 0 Å². The van der Waals surface area contributed by atoms with Gasteiger partial charge < -0.3 is 9.42 Å². The van der Waals surface area contributed by atoms with E-state index in [1.165, 1.54) is 0 Å². The summed E-state index contributed by atoms with van der Waals surface area (Å²) in [7, 11) is 0. The molecule has 3 heterocycles. The lowest BCUT2D eigenvalue weighted by Crippen LogP contribution is -2.40. The van der Waals surface area contributed by atoms with Gasteiger partial charge in [-0.25, -0.2) is 4.98 Å². The van der Waals surface area contributed by atoms with Crippen molar-refractivity contribution in [3.05, 3.63) is 23.0 Å². The van der Waals surface area contributed by atoms with Crippen LogP contribution in [0.5, 0.6) is 0 Å². The SMILES string of the molecule is CCc1cc(C(F)(F)F)c2c([C@@H]3CCCN(C(=O)C4CC4)C3)noc2n1. The summed E-state index contributed by atoms with van der Waals surface area (Å²) in [6.07, 6.45) is -0.877. The van der Waals surface area contributed by atoms with E-state index in [2.05, 4.69) is 10.1 Å². The van der Waals surface area contributed by atoms with Gasteiger partial charge >= 0.3 is 6.18 Å². The van der Waals surface area contributed by atoms with Gasteiger partial charge in [0.15, 0.2) is 0 Å². The third-order valence-corrected chi connectivity index (χ3v) is 5.24. The lowest BCUT2D eigenvalue weighted by Gasteiger charge is -2.32. The van der Waals surface area contributed by atoms with Crippen LogP contribution in [0.4, 0.5) is 13.2 Å². The van der Waals surface area contributed by atoms with Crippen LogP contribution >= 0.6 is 0 Å². The molecule has 0 bridgehead atoms. The molecular formula is C18H20F3N3O2. The number of piperidine rings is 1. The highest BCUT2D eigenvalue weighted by Gasteiger charge is 2.39. The summed E-state index contributed by atoms with van der Waals surface area (Å²) in [5.41, 5.74) is -0.226. The van der Waals surface area contributed by atoms with Crippen LogP contribution in [0, 0.1) is 5.92 Å². The molecular weight excluding hydrogens is 347 g/mol. The fourth-order valence-corrected chi connectivity index (χ4v) is 3.70. The summed E-state index contributed by atoms with van der Waals surface area (Å²) in [5.74, 6) is -0.0460. The second kappa shape index (κ2) is 6.25. The summed E-state index contributed by atoms with van der Waals surface area (Å²) in [5, 5.41) is 3.89. The molecule has 1 atom stereocenters.